The summed E-state index contributed by atoms with van der Waals surface area (Å²) >= 11 is 0. The predicted molar refractivity (Wildman–Crippen MR) is 66.0 cm³/mol. The van der Waals surface area contributed by atoms with Crippen molar-refractivity contribution in [1.82, 2.24) is 15.5 Å². The molecule has 0 atom stereocenters. The number of H-pyrrole nitrogens is 1. The highest BCUT2D eigenvalue weighted by atomic mass is 16.2. The van der Waals surface area contributed by atoms with Crippen LogP contribution >= 0.6 is 0 Å². The van der Waals surface area contributed by atoms with Crippen LogP contribution in [0.25, 0.3) is 0 Å². The Hall–Kier alpha value is -1.52. The molecule has 5 nitrogen and oxygen atoms in total. The topological polar surface area (TPSA) is 83.8 Å². The van der Waals surface area contributed by atoms with Crippen molar-refractivity contribution in [3.8, 4) is 0 Å². The zero-order chi connectivity index (χ0) is 12.3. The molecule has 2 rings (SSSR count). The zero-order valence-electron chi connectivity index (χ0n) is 10.3. The number of hydrogen-bond acceptors (Lipinski definition) is 3. The number of nitrogens with one attached hydrogen (secondary N) is 2. The summed E-state index contributed by atoms with van der Waals surface area (Å²) in [5.41, 5.74) is 6.39. The van der Waals surface area contributed by atoms with E-state index in [9.17, 15) is 4.79 Å². The van der Waals surface area contributed by atoms with Crippen LogP contribution in [0.15, 0.2) is 6.20 Å². The standard InChI is InChI=1S/C12H20N4O/c1-2-12(5-3-4-6-12)11(17)14-7-9-8-15-16-10(9)13/h8H,2-7H2,1H3,(H,14,17)(H3,13,15,16). The van der Waals surface area contributed by atoms with Crippen LogP contribution in [0.3, 0.4) is 0 Å². The molecule has 94 valence electrons. The van der Waals surface area contributed by atoms with E-state index in [1.807, 2.05) is 0 Å². The second-order valence-corrected chi connectivity index (χ2v) is 4.83. The smallest absolute Gasteiger partial charge is 0.226 e. The number of carbonyl (C=O) groups excluding carboxylic acids is 1. The first-order valence-electron chi connectivity index (χ1n) is 6.24. The van der Waals surface area contributed by atoms with Gasteiger partial charge in [0.1, 0.15) is 5.82 Å². The van der Waals surface area contributed by atoms with E-state index in [-0.39, 0.29) is 11.3 Å². The summed E-state index contributed by atoms with van der Waals surface area (Å²) in [7, 11) is 0. The van der Waals surface area contributed by atoms with Crippen LogP contribution < -0.4 is 11.1 Å². The van der Waals surface area contributed by atoms with Crippen molar-refractivity contribution >= 4 is 11.7 Å². The molecule has 1 heterocycles. The molecule has 17 heavy (non-hydrogen) atoms. The average Bonchev–Trinajstić information content (AvgIpc) is 2.95. The van der Waals surface area contributed by atoms with Crippen molar-refractivity contribution in [1.29, 1.82) is 0 Å². The number of nitrogen functional groups attached to an aromatic ring is 1. The summed E-state index contributed by atoms with van der Waals surface area (Å²) in [6, 6.07) is 0. The SMILES string of the molecule is CCC1(C(=O)NCc2cn[nH]c2N)CCCC1. The van der Waals surface area contributed by atoms with E-state index >= 15 is 0 Å². The van der Waals surface area contributed by atoms with Gasteiger partial charge in [-0.25, -0.2) is 0 Å². The lowest BCUT2D eigenvalue weighted by Crippen LogP contribution is -2.38. The summed E-state index contributed by atoms with van der Waals surface area (Å²) in [5, 5.41) is 9.48. The number of aromatic nitrogens is 2. The summed E-state index contributed by atoms with van der Waals surface area (Å²) in [6.45, 7) is 2.56. The van der Waals surface area contributed by atoms with Gasteiger partial charge < -0.3 is 11.1 Å². The predicted octanol–water partition coefficient (Wildman–Crippen LogP) is 1.58. The molecule has 0 radical (unpaired) electrons. The van der Waals surface area contributed by atoms with Crippen LogP contribution in [0.1, 0.15) is 44.6 Å². The highest BCUT2D eigenvalue weighted by molar-refractivity contribution is 5.82. The molecule has 1 aliphatic rings. The molecule has 1 fully saturated rings. The molecule has 1 aromatic rings. The maximum Gasteiger partial charge on any atom is 0.226 e. The van der Waals surface area contributed by atoms with Crippen LogP contribution in [-0.4, -0.2) is 16.1 Å². The van der Waals surface area contributed by atoms with Gasteiger partial charge in [0.05, 0.1) is 6.20 Å². The first kappa shape index (κ1) is 12.0. The van der Waals surface area contributed by atoms with Crippen LogP contribution in [0, 0.1) is 5.41 Å². The molecule has 0 aromatic carbocycles. The first-order valence-corrected chi connectivity index (χ1v) is 6.24. The third kappa shape index (κ3) is 2.28. The quantitative estimate of drug-likeness (QED) is 0.742. The van der Waals surface area contributed by atoms with E-state index in [0.29, 0.717) is 12.4 Å². The molecule has 4 N–H and O–H groups in total. The highest BCUT2D eigenvalue weighted by Crippen LogP contribution is 2.41. The van der Waals surface area contributed by atoms with Crippen LogP contribution in [-0.2, 0) is 11.3 Å². The summed E-state index contributed by atoms with van der Waals surface area (Å²) in [6.07, 6.45) is 6.92. The highest BCUT2D eigenvalue weighted by Gasteiger charge is 2.38. The largest absolute Gasteiger partial charge is 0.384 e. The fraction of sp³-hybridized carbons (Fsp3) is 0.667. The Bertz CT molecular complexity index is 393. The molecule has 0 saturated heterocycles. The van der Waals surface area contributed by atoms with E-state index in [1.54, 1.807) is 6.20 Å². The second-order valence-electron chi connectivity index (χ2n) is 4.83. The number of carbonyl (C=O) groups is 1. The third-order valence-corrected chi connectivity index (χ3v) is 3.91. The molecule has 0 bridgehead atoms. The second kappa shape index (κ2) is 4.77. The van der Waals surface area contributed by atoms with Gasteiger partial charge in [-0.1, -0.05) is 19.8 Å². The molecular weight excluding hydrogens is 216 g/mol. The van der Waals surface area contributed by atoms with Crippen molar-refractivity contribution < 1.29 is 4.79 Å². The molecule has 1 saturated carbocycles. The van der Waals surface area contributed by atoms with Crippen molar-refractivity contribution in [2.45, 2.75) is 45.6 Å². The Balaban J connectivity index is 1.95. The van der Waals surface area contributed by atoms with Crippen LogP contribution in [0.5, 0.6) is 0 Å². The molecule has 5 heteroatoms. The van der Waals surface area contributed by atoms with E-state index < -0.39 is 0 Å². The minimum absolute atomic E-state index is 0.140. The maximum atomic E-state index is 12.2. The number of hydrogen-bond donors (Lipinski definition) is 3. The summed E-state index contributed by atoms with van der Waals surface area (Å²) in [5.74, 6) is 0.695. The number of nitrogens with zero attached hydrogens (tertiary/aromatic N) is 1. The van der Waals surface area contributed by atoms with E-state index in [0.717, 1.165) is 37.7 Å². The Morgan fingerprint density at radius 2 is 2.29 bits per heavy atom. The van der Waals surface area contributed by atoms with Crippen LogP contribution in [0.4, 0.5) is 5.82 Å². The number of amides is 1. The summed E-state index contributed by atoms with van der Waals surface area (Å²) < 4.78 is 0. The third-order valence-electron chi connectivity index (χ3n) is 3.91. The lowest BCUT2D eigenvalue weighted by molar-refractivity contribution is -0.131. The minimum atomic E-state index is -0.140. The molecule has 0 unspecified atom stereocenters. The van der Waals surface area contributed by atoms with E-state index in [4.69, 9.17) is 5.73 Å². The Kier molecular flexibility index (Phi) is 3.36. The van der Waals surface area contributed by atoms with Crippen molar-refractivity contribution in [2.75, 3.05) is 5.73 Å². The van der Waals surface area contributed by atoms with Gasteiger partial charge in [0.25, 0.3) is 0 Å². The number of anilines is 1. The van der Waals surface area contributed by atoms with Crippen molar-refractivity contribution in [2.24, 2.45) is 5.41 Å². The van der Waals surface area contributed by atoms with Gasteiger partial charge in [-0.3, -0.25) is 9.89 Å². The van der Waals surface area contributed by atoms with Crippen molar-refractivity contribution in [3.63, 3.8) is 0 Å². The van der Waals surface area contributed by atoms with E-state index in [1.165, 1.54) is 0 Å². The fourth-order valence-corrected chi connectivity index (χ4v) is 2.62. The first-order chi connectivity index (χ1) is 8.18. The molecule has 0 spiro atoms. The zero-order valence-corrected chi connectivity index (χ0v) is 10.3. The molecular formula is C12H20N4O. The molecule has 1 aliphatic carbocycles. The van der Waals surface area contributed by atoms with E-state index in [2.05, 4.69) is 22.4 Å². The number of nitrogens with two attached hydrogens (primary N) is 1. The van der Waals surface area contributed by atoms with Crippen LogP contribution in [0.2, 0.25) is 0 Å². The van der Waals surface area contributed by atoms with Crippen molar-refractivity contribution in [3.05, 3.63) is 11.8 Å². The lowest BCUT2D eigenvalue weighted by Gasteiger charge is -2.25. The van der Waals surface area contributed by atoms with Gasteiger partial charge in [-0.2, -0.15) is 5.10 Å². The molecule has 0 aliphatic heterocycles. The number of rotatable bonds is 4. The van der Waals surface area contributed by atoms with Gasteiger partial charge in [0, 0.05) is 17.5 Å². The minimum Gasteiger partial charge on any atom is -0.384 e. The van der Waals surface area contributed by atoms with Gasteiger partial charge in [0.15, 0.2) is 0 Å². The van der Waals surface area contributed by atoms with Gasteiger partial charge in [-0.05, 0) is 19.3 Å². The van der Waals surface area contributed by atoms with Gasteiger partial charge in [-0.15, -0.1) is 0 Å². The summed E-state index contributed by atoms with van der Waals surface area (Å²) in [4.78, 5) is 12.2. The Morgan fingerprint density at radius 3 is 2.82 bits per heavy atom. The monoisotopic (exact) mass is 236 g/mol. The fourth-order valence-electron chi connectivity index (χ4n) is 2.62. The lowest BCUT2D eigenvalue weighted by atomic mass is 9.82. The Labute approximate surface area is 101 Å². The molecule has 1 amide bonds. The normalized spacial score (nSPS) is 18.2. The van der Waals surface area contributed by atoms with Gasteiger partial charge in [0.2, 0.25) is 5.91 Å². The molecule has 1 aromatic heterocycles. The van der Waals surface area contributed by atoms with Gasteiger partial charge >= 0.3 is 0 Å². The number of aromatic amines is 1. The average molecular weight is 236 g/mol. The maximum absolute atomic E-state index is 12.2. The Morgan fingerprint density at radius 1 is 1.59 bits per heavy atom.